The standard InChI is InChI=1S/C12H23NOS/c13-11(6-3-1-2-4-7-11)12(14)8-5-9-15-10-12/h14H,1-10,13H2. The van der Waals surface area contributed by atoms with Gasteiger partial charge in [0.1, 0.15) is 0 Å². The van der Waals surface area contributed by atoms with Crippen molar-refractivity contribution in [2.45, 2.75) is 62.5 Å². The maximum absolute atomic E-state index is 10.7. The van der Waals surface area contributed by atoms with Crippen molar-refractivity contribution < 1.29 is 5.11 Å². The van der Waals surface area contributed by atoms with Crippen LogP contribution in [0.4, 0.5) is 0 Å². The molecule has 1 heterocycles. The van der Waals surface area contributed by atoms with Gasteiger partial charge < -0.3 is 10.8 Å². The van der Waals surface area contributed by atoms with Gasteiger partial charge in [0, 0.05) is 11.3 Å². The van der Waals surface area contributed by atoms with Crippen molar-refractivity contribution in [3.05, 3.63) is 0 Å². The first-order valence-electron chi connectivity index (χ1n) is 6.25. The number of hydrogen-bond donors (Lipinski definition) is 2. The van der Waals surface area contributed by atoms with E-state index in [0.29, 0.717) is 0 Å². The summed E-state index contributed by atoms with van der Waals surface area (Å²) in [7, 11) is 0. The fraction of sp³-hybridized carbons (Fsp3) is 1.00. The first kappa shape index (κ1) is 11.7. The van der Waals surface area contributed by atoms with E-state index in [9.17, 15) is 5.11 Å². The summed E-state index contributed by atoms with van der Waals surface area (Å²) in [6, 6.07) is 0. The SMILES string of the molecule is NC1(C2(O)CCCSC2)CCCCCC1. The van der Waals surface area contributed by atoms with Crippen LogP contribution >= 0.6 is 11.8 Å². The zero-order valence-corrected chi connectivity index (χ0v) is 10.3. The summed E-state index contributed by atoms with van der Waals surface area (Å²) in [6.07, 6.45) is 9.06. The largest absolute Gasteiger partial charge is 0.387 e. The Bertz CT molecular complexity index is 206. The smallest absolute Gasteiger partial charge is 0.0916 e. The quantitative estimate of drug-likeness (QED) is 0.678. The van der Waals surface area contributed by atoms with E-state index in [1.165, 1.54) is 31.4 Å². The second-order valence-corrected chi connectivity index (χ2v) is 6.36. The third-order valence-corrected chi connectivity index (χ3v) is 5.40. The van der Waals surface area contributed by atoms with Gasteiger partial charge in [0.25, 0.3) is 0 Å². The molecule has 0 spiro atoms. The van der Waals surface area contributed by atoms with Gasteiger partial charge in [0.2, 0.25) is 0 Å². The first-order chi connectivity index (χ1) is 7.16. The molecule has 3 heteroatoms. The van der Waals surface area contributed by atoms with Gasteiger partial charge in [-0.05, 0) is 31.4 Å². The molecule has 3 N–H and O–H groups in total. The summed E-state index contributed by atoms with van der Waals surface area (Å²) in [5.74, 6) is 2.04. The molecule has 1 saturated carbocycles. The predicted molar refractivity (Wildman–Crippen MR) is 66.1 cm³/mol. The summed E-state index contributed by atoms with van der Waals surface area (Å²) in [4.78, 5) is 0. The van der Waals surface area contributed by atoms with Crippen LogP contribution in [0.15, 0.2) is 0 Å². The maximum Gasteiger partial charge on any atom is 0.0916 e. The second kappa shape index (κ2) is 4.64. The van der Waals surface area contributed by atoms with Crippen LogP contribution < -0.4 is 5.73 Å². The lowest BCUT2D eigenvalue weighted by atomic mass is 9.73. The van der Waals surface area contributed by atoms with Crippen molar-refractivity contribution in [1.29, 1.82) is 0 Å². The molecule has 2 fully saturated rings. The van der Waals surface area contributed by atoms with Crippen LogP contribution in [0.1, 0.15) is 51.4 Å². The monoisotopic (exact) mass is 229 g/mol. The summed E-state index contributed by atoms with van der Waals surface area (Å²) in [6.45, 7) is 0. The highest BCUT2D eigenvalue weighted by Gasteiger charge is 2.47. The van der Waals surface area contributed by atoms with Crippen LogP contribution in [-0.4, -0.2) is 27.8 Å². The molecular formula is C12H23NOS. The molecular weight excluding hydrogens is 206 g/mol. The molecule has 2 rings (SSSR count). The van der Waals surface area contributed by atoms with Crippen molar-refractivity contribution in [2.24, 2.45) is 5.73 Å². The Kier molecular flexibility index (Phi) is 3.63. The third kappa shape index (κ3) is 2.34. The maximum atomic E-state index is 10.7. The summed E-state index contributed by atoms with van der Waals surface area (Å²) in [5, 5.41) is 10.7. The number of aliphatic hydroxyl groups is 1. The molecule has 1 aliphatic heterocycles. The van der Waals surface area contributed by atoms with Gasteiger partial charge in [-0.15, -0.1) is 0 Å². The predicted octanol–water partition coefficient (Wildman–Crippen LogP) is 2.30. The third-order valence-electron chi connectivity index (χ3n) is 4.14. The number of nitrogens with two attached hydrogens (primary N) is 1. The minimum atomic E-state index is -0.583. The van der Waals surface area contributed by atoms with E-state index in [0.717, 1.165) is 31.4 Å². The lowest BCUT2D eigenvalue weighted by Crippen LogP contribution is -2.62. The molecule has 15 heavy (non-hydrogen) atoms. The molecule has 1 saturated heterocycles. The van der Waals surface area contributed by atoms with Crippen LogP contribution in [0, 0.1) is 0 Å². The molecule has 0 amide bonds. The zero-order valence-electron chi connectivity index (χ0n) is 9.50. The van der Waals surface area contributed by atoms with Gasteiger partial charge in [-0.25, -0.2) is 0 Å². The average Bonchev–Trinajstić information content (AvgIpc) is 2.45. The van der Waals surface area contributed by atoms with E-state index >= 15 is 0 Å². The number of thioether (sulfide) groups is 1. The Morgan fingerprint density at radius 3 is 2.13 bits per heavy atom. The summed E-state index contributed by atoms with van der Waals surface area (Å²) in [5.41, 5.74) is 5.63. The lowest BCUT2D eigenvalue weighted by Gasteiger charge is -2.46. The van der Waals surface area contributed by atoms with E-state index in [1.807, 2.05) is 11.8 Å². The van der Waals surface area contributed by atoms with Gasteiger partial charge >= 0.3 is 0 Å². The van der Waals surface area contributed by atoms with Crippen LogP contribution in [0.2, 0.25) is 0 Å². The van der Waals surface area contributed by atoms with Crippen LogP contribution in [0.3, 0.4) is 0 Å². The fourth-order valence-electron chi connectivity index (χ4n) is 3.00. The van der Waals surface area contributed by atoms with Gasteiger partial charge in [0.15, 0.2) is 0 Å². The highest BCUT2D eigenvalue weighted by atomic mass is 32.2. The van der Waals surface area contributed by atoms with E-state index in [4.69, 9.17) is 5.73 Å². The van der Waals surface area contributed by atoms with E-state index < -0.39 is 5.60 Å². The van der Waals surface area contributed by atoms with Crippen LogP contribution in [0.5, 0.6) is 0 Å². The summed E-state index contributed by atoms with van der Waals surface area (Å²) >= 11 is 1.87. The normalized spacial score (nSPS) is 37.2. The van der Waals surface area contributed by atoms with Gasteiger partial charge in [-0.2, -0.15) is 11.8 Å². The molecule has 1 unspecified atom stereocenters. The van der Waals surface area contributed by atoms with Crippen molar-refractivity contribution in [2.75, 3.05) is 11.5 Å². The Morgan fingerprint density at radius 2 is 1.60 bits per heavy atom. The average molecular weight is 229 g/mol. The molecule has 2 aliphatic rings. The molecule has 1 atom stereocenters. The highest BCUT2D eigenvalue weighted by Crippen LogP contribution is 2.41. The molecule has 0 aromatic carbocycles. The summed E-state index contributed by atoms with van der Waals surface area (Å²) < 4.78 is 0. The van der Waals surface area contributed by atoms with E-state index in [-0.39, 0.29) is 5.54 Å². The van der Waals surface area contributed by atoms with Crippen molar-refractivity contribution in [3.8, 4) is 0 Å². The molecule has 1 aliphatic carbocycles. The minimum absolute atomic E-state index is 0.295. The minimum Gasteiger partial charge on any atom is -0.387 e. The highest BCUT2D eigenvalue weighted by molar-refractivity contribution is 7.99. The Morgan fingerprint density at radius 1 is 0.933 bits per heavy atom. The molecule has 0 aromatic rings. The van der Waals surface area contributed by atoms with Gasteiger partial charge in [0.05, 0.1) is 5.60 Å². The number of hydrogen-bond acceptors (Lipinski definition) is 3. The zero-order chi connectivity index (χ0) is 10.8. The van der Waals surface area contributed by atoms with E-state index in [1.54, 1.807) is 0 Å². The van der Waals surface area contributed by atoms with Gasteiger partial charge in [-0.1, -0.05) is 25.7 Å². The topological polar surface area (TPSA) is 46.2 Å². The van der Waals surface area contributed by atoms with Crippen LogP contribution in [0.25, 0.3) is 0 Å². The Labute approximate surface area is 97.0 Å². The fourth-order valence-corrected chi connectivity index (χ4v) is 4.26. The Balaban J connectivity index is 2.10. The van der Waals surface area contributed by atoms with Crippen LogP contribution in [-0.2, 0) is 0 Å². The molecule has 0 radical (unpaired) electrons. The van der Waals surface area contributed by atoms with Crippen molar-refractivity contribution >= 4 is 11.8 Å². The number of rotatable bonds is 1. The van der Waals surface area contributed by atoms with Crippen molar-refractivity contribution in [3.63, 3.8) is 0 Å². The molecule has 0 bridgehead atoms. The second-order valence-electron chi connectivity index (χ2n) is 5.26. The Hall–Kier alpha value is 0.270. The van der Waals surface area contributed by atoms with E-state index in [2.05, 4.69) is 0 Å². The first-order valence-corrected chi connectivity index (χ1v) is 7.41. The lowest BCUT2D eigenvalue weighted by molar-refractivity contribution is -0.0319. The van der Waals surface area contributed by atoms with Gasteiger partial charge in [-0.3, -0.25) is 0 Å². The molecule has 88 valence electrons. The molecule has 2 nitrogen and oxygen atoms in total. The molecule has 0 aromatic heterocycles. The van der Waals surface area contributed by atoms with Crippen molar-refractivity contribution in [1.82, 2.24) is 0 Å².